The summed E-state index contributed by atoms with van der Waals surface area (Å²) in [6, 6.07) is 5.03. The molecule has 11 heteroatoms. The number of benzene rings is 1. The Morgan fingerprint density at radius 3 is 2.50 bits per heavy atom. The van der Waals surface area contributed by atoms with Gasteiger partial charge in [0.05, 0.1) is 17.6 Å². The Morgan fingerprint density at radius 2 is 1.83 bits per heavy atom. The number of rotatable bonds is 12. The van der Waals surface area contributed by atoms with Gasteiger partial charge in [-0.15, -0.1) is 0 Å². The van der Waals surface area contributed by atoms with Crippen LogP contribution in [0.15, 0.2) is 24.3 Å². The van der Waals surface area contributed by atoms with E-state index in [1.54, 1.807) is 0 Å². The van der Waals surface area contributed by atoms with Crippen LogP contribution in [0.25, 0.3) is 11.0 Å². The zero-order valence-electron chi connectivity index (χ0n) is 21.0. The van der Waals surface area contributed by atoms with Crippen molar-refractivity contribution in [2.75, 3.05) is 6.54 Å². The molecule has 1 saturated carbocycles. The average Bonchev–Trinajstić information content (AvgIpc) is 3.18. The highest BCUT2D eigenvalue weighted by Gasteiger charge is 2.30. The number of hydrogen-bond acceptors (Lipinski definition) is 6. The van der Waals surface area contributed by atoms with Crippen LogP contribution in [-0.4, -0.2) is 56.2 Å². The molecule has 7 N–H and O–H groups in total. The summed E-state index contributed by atoms with van der Waals surface area (Å²) in [6.45, 7) is 0.527. The van der Waals surface area contributed by atoms with Crippen LogP contribution >= 0.6 is 0 Å². The van der Waals surface area contributed by atoms with E-state index >= 15 is 0 Å². The van der Waals surface area contributed by atoms with Gasteiger partial charge in [0, 0.05) is 7.05 Å². The Balaban J connectivity index is 1.70. The van der Waals surface area contributed by atoms with E-state index in [-0.39, 0.29) is 18.9 Å². The first-order valence-electron chi connectivity index (χ1n) is 12.8. The number of carboxylic acids is 1. The van der Waals surface area contributed by atoms with Gasteiger partial charge in [-0.25, -0.2) is 20.4 Å². The van der Waals surface area contributed by atoms with Gasteiger partial charge in [-0.05, 0) is 50.3 Å². The quantitative estimate of drug-likeness (QED) is 0.128. The van der Waals surface area contributed by atoms with E-state index in [0.29, 0.717) is 31.6 Å². The van der Waals surface area contributed by atoms with Crippen molar-refractivity contribution in [1.82, 2.24) is 25.2 Å². The van der Waals surface area contributed by atoms with Crippen molar-refractivity contribution >= 4 is 28.9 Å². The number of nitrogens with two attached hydrogens (primary N) is 2. The van der Waals surface area contributed by atoms with Gasteiger partial charge in [-0.1, -0.05) is 44.2 Å². The highest BCUT2D eigenvalue weighted by Crippen LogP contribution is 2.28. The third kappa shape index (κ3) is 7.41. The van der Waals surface area contributed by atoms with Crippen molar-refractivity contribution in [3.05, 3.63) is 30.1 Å². The first-order valence-corrected chi connectivity index (χ1v) is 12.8. The van der Waals surface area contributed by atoms with Gasteiger partial charge in [0.2, 0.25) is 0 Å². The number of para-hydroxylation sites is 2. The molecule has 11 nitrogen and oxygen atoms in total. The number of amides is 3. The summed E-state index contributed by atoms with van der Waals surface area (Å²) in [4.78, 5) is 42.4. The van der Waals surface area contributed by atoms with Crippen molar-refractivity contribution in [2.24, 2.45) is 24.5 Å². The summed E-state index contributed by atoms with van der Waals surface area (Å²) in [5.74, 6) is 5.56. The molecule has 2 atom stereocenters. The van der Waals surface area contributed by atoms with Crippen LogP contribution in [0, 0.1) is 5.92 Å². The lowest BCUT2D eigenvalue weighted by Crippen LogP contribution is -2.55. The van der Waals surface area contributed by atoms with Crippen LogP contribution in [-0.2, 0) is 23.2 Å². The predicted molar refractivity (Wildman–Crippen MR) is 136 cm³/mol. The van der Waals surface area contributed by atoms with E-state index in [1.807, 2.05) is 35.9 Å². The molecule has 0 spiro atoms. The summed E-state index contributed by atoms with van der Waals surface area (Å²) in [5, 5.41) is 15.8. The van der Waals surface area contributed by atoms with E-state index < -0.39 is 30.0 Å². The fourth-order valence-corrected chi connectivity index (χ4v) is 4.85. The molecular weight excluding hydrogens is 462 g/mol. The molecular formula is C25H39N7O4. The lowest BCUT2D eigenvalue weighted by Gasteiger charge is -2.29. The summed E-state index contributed by atoms with van der Waals surface area (Å²) >= 11 is 0. The first-order chi connectivity index (χ1) is 17.3. The number of carbonyl (C=O) groups is 3. The van der Waals surface area contributed by atoms with Gasteiger partial charge in [0.15, 0.2) is 0 Å². The minimum atomic E-state index is -1.13. The number of urea groups is 1. The largest absolute Gasteiger partial charge is 0.480 e. The second kappa shape index (κ2) is 13.2. The minimum Gasteiger partial charge on any atom is -0.480 e. The molecule has 1 heterocycles. The molecule has 1 unspecified atom stereocenters. The first kappa shape index (κ1) is 27.4. The number of unbranched alkanes of at least 4 members (excludes halogenated alkanes) is 1. The lowest BCUT2D eigenvalue weighted by atomic mass is 9.84. The van der Waals surface area contributed by atoms with Crippen LogP contribution in [0.4, 0.5) is 4.79 Å². The van der Waals surface area contributed by atoms with Gasteiger partial charge < -0.3 is 26.0 Å². The Labute approximate surface area is 211 Å². The molecule has 1 aliphatic carbocycles. The molecule has 1 aliphatic rings. The van der Waals surface area contributed by atoms with Crippen molar-refractivity contribution in [3.8, 4) is 0 Å². The second-order valence-electron chi connectivity index (χ2n) is 9.63. The van der Waals surface area contributed by atoms with E-state index in [2.05, 4.69) is 15.6 Å². The van der Waals surface area contributed by atoms with E-state index in [0.717, 1.165) is 41.7 Å². The van der Waals surface area contributed by atoms with Crippen LogP contribution < -0.4 is 22.2 Å². The SMILES string of the molecule is Cn1c(CN(N)C(=O)[C@@H](CC2CCCCC2)NC(=O)NC(CCCCN)C(=O)O)nc2ccccc21. The number of aromatic nitrogens is 2. The maximum Gasteiger partial charge on any atom is 0.326 e. The van der Waals surface area contributed by atoms with Crippen LogP contribution in [0.3, 0.4) is 0 Å². The molecule has 0 radical (unpaired) electrons. The fourth-order valence-electron chi connectivity index (χ4n) is 4.85. The van der Waals surface area contributed by atoms with E-state index in [4.69, 9.17) is 11.6 Å². The van der Waals surface area contributed by atoms with E-state index in [1.165, 1.54) is 6.42 Å². The second-order valence-corrected chi connectivity index (χ2v) is 9.63. The molecule has 0 saturated heterocycles. The Morgan fingerprint density at radius 1 is 1.14 bits per heavy atom. The number of imidazole rings is 1. The third-order valence-corrected chi connectivity index (χ3v) is 6.92. The molecule has 2 aromatic rings. The predicted octanol–water partition coefficient (Wildman–Crippen LogP) is 2.00. The van der Waals surface area contributed by atoms with E-state index in [9.17, 15) is 19.5 Å². The molecule has 3 rings (SSSR count). The average molecular weight is 502 g/mol. The Hall–Kier alpha value is -3.18. The number of hydrogen-bond donors (Lipinski definition) is 5. The molecule has 1 fully saturated rings. The smallest absolute Gasteiger partial charge is 0.326 e. The maximum atomic E-state index is 13.4. The van der Waals surface area contributed by atoms with Crippen molar-refractivity contribution in [1.29, 1.82) is 0 Å². The fraction of sp³-hybridized carbons (Fsp3) is 0.600. The zero-order chi connectivity index (χ0) is 26.1. The van der Waals surface area contributed by atoms with Gasteiger partial charge >= 0.3 is 12.0 Å². The number of carbonyl (C=O) groups excluding carboxylic acids is 2. The summed E-state index contributed by atoms with van der Waals surface area (Å²) in [7, 11) is 1.87. The van der Waals surface area contributed by atoms with Crippen molar-refractivity contribution in [2.45, 2.75) is 76.4 Å². The van der Waals surface area contributed by atoms with Crippen molar-refractivity contribution in [3.63, 3.8) is 0 Å². The lowest BCUT2D eigenvalue weighted by molar-refractivity contribution is -0.139. The highest BCUT2D eigenvalue weighted by atomic mass is 16.4. The van der Waals surface area contributed by atoms with Gasteiger partial charge in [-0.3, -0.25) is 9.80 Å². The summed E-state index contributed by atoms with van der Waals surface area (Å²) in [6.07, 6.45) is 7.27. The van der Waals surface area contributed by atoms with Gasteiger partial charge in [0.1, 0.15) is 17.9 Å². The van der Waals surface area contributed by atoms with Crippen LogP contribution in [0.2, 0.25) is 0 Å². The van der Waals surface area contributed by atoms with Gasteiger partial charge in [-0.2, -0.15) is 0 Å². The number of fused-ring (bicyclic) bond motifs is 1. The Bertz CT molecular complexity index is 1030. The number of carboxylic acid groups (broad SMARTS) is 1. The molecule has 198 valence electrons. The Kier molecular flexibility index (Phi) is 10.1. The zero-order valence-corrected chi connectivity index (χ0v) is 21.0. The molecule has 36 heavy (non-hydrogen) atoms. The molecule has 3 amide bonds. The molecule has 1 aromatic heterocycles. The van der Waals surface area contributed by atoms with Gasteiger partial charge in [0.25, 0.3) is 5.91 Å². The van der Waals surface area contributed by atoms with Crippen LogP contribution in [0.1, 0.15) is 63.6 Å². The summed E-state index contributed by atoms with van der Waals surface area (Å²) < 4.78 is 1.89. The third-order valence-electron chi connectivity index (χ3n) is 6.92. The topological polar surface area (TPSA) is 169 Å². The normalized spacial score (nSPS) is 15.9. The van der Waals surface area contributed by atoms with Crippen LogP contribution in [0.5, 0.6) is 0 Å². The maximum absolute atomic E-state index is 13.4. The minimum absolute atomic E-state index is 0.0747. The highest BCUT2D eigenvalue weighted by molar-refractivity contribution is 5.88. The number of nitrogens with zero attached hydrogens (tertiary/aromatic N) is 3. The molecule has 1 aromatic carbocycles. The number of aryl methyl sites for hydroxylation is 1. The monoisotopic (exact) mass is 501 g/mol. The number of aliphatic carboxylic acids is 1. The van der Waals surface area contributed by atoms with Crippen molar-refractivity contribution < 1.29 is 19.5 Å². The molecule has 0 bridgehead atoms. The molecule has 0 aliphatic heterocycles. The number of nitrogens with one attached hydrogen (secondary N) is 2. The number of hydrazine groups is 1. The standard InChI is InChI=1S/C25H39N7O4/c1-31-21-13-6-5-11-18(21)28-22(31)16-32(27)23(33)20(15-17-9-3-2-4-10-17)30-25(36)29-19(24(34)35)12-7-8-14-26/h5-6,11,13,17,19-20H,2-4,7-10,12,14-16,26-27H2,1H3,(H,34,35)(H2,29,30,36)/t19?,20-/m1/s1. The summed E-state index contributed by atoms with van der Waals surface area (Å²) in [5.41, 5.74) is 7.22.